The van der Waals surface area contributed by atoms with Gasteiger partial charge in [0.05, 0.1) is 28.6 Å². The monoisotopic (exact) mass is 464 g/mol. The Morgan fingerprint density at radius 1 is 0.853 bits per heavy atom. The van der Waals surface area contributed by atoms with Gasteiger partial charge in [-0.25, -0.2) is 0 Å². The molecule has 0 spiro atoms. The molecule has 0 aliphatic heterocycles. The average Bonchev–Trinajstić information content (AvgIpc) is 3.55. The van der Waals surface area contributed by atoms with E-state index in [1.165, 1.54) is 9.75 Å². The quantitative estimate of drug-likeness (QED) is 0.256. The third-order valence-corrected chi connectivity index (χ3v) is 6.93. The summed E-state index contributed by atoms with van der Waals surface area (Å²) in [6.07, 6.45) is 7.58. The summed E-state index contributed by atoms with van der Waals surface area (Å²) >= 11 is 1.78. The molecule has 0 saturated carbocycles. The molecule has 5 heterocycles. The van der Waals surface area contributed by atoms with Crippen LogP contribution in [0, 0.1) is 6.92 Å². The lowest BCUT2D eigenvalue weighted by molar-refractivity contribution is 0.898. The zero-order chi connectivity index (χ0) is 23.2. The fourth-order valence-electron chi connectivity index (χ4n) is 4.36. The molecule has 5 aromatic heterocycles. The molecule has 3 N–H and O–H groups in total. The van der Waals surface area contributed by atoms with E-state index >= 15 is 0 Å². The van der Waals surface area contributed by atoms with Crippen molar-refractivity contribution in [2.24, 2.45) is 0 Å². The third-order valence-electron chi connectivity index (χ3n) is 5.90. The van der Waals surface area contributed by atoms with Gasteiger partial charge in [-0.3, -0.25) is 15.1 Å². The smallest absolute Gasteiger partial charge is 0.116 e. The summed E-state index contributed by atoms with van der Waals surface area (Å²) in [6, 6.07) is 15.3. The van der Waals surface area contributed by atoms with E-state index in [9.17, 15) is 0 Å². The Morgan fingerprint density at radius 3 is 2.56 bits per heavy atom. The molecule has 0 aliphatic rings. The van der Waals surface area contributed by atoms with Crippen LogP contribution in [0.15, 0.2) is 67.3 Å². The number of thiophene rings is 1. The minimum atomic E-state index is 0.347. The maximum atomic E-state index is 4.66. The van der Waals surface area contributed by atoms with Gasteiger partial charge in [-0.1, -0.05) is 6.07 Å². The Labute approximate surface area is 201 Å². The fraction of sp³-hybridized carbons (Fsp3) is 0.148. The highest BCUT2D eigenvalue weighted by atomic mass is 32.1. The molecule has 0 unspecified atom stereocenters. The molecule has 0 saturated heterocycles. The van der Waals surface area contributed by atoms with Crippen LogP contribution >= 0.6 is 11.3 Å². The van der Waals surface area contributed by atoms with E-state index in [0.29, 0.717) is 6.04 Å². The zero-order valence-corrected chi connectivity index (χ0v) is 20.0. The van der Waals surface area contributed by atoms with Gasteiger partial charge >= 0.3 is 0 Å². The molecular weight excluding hydrogens is 440 g/mol. The number of rotatable bonds is 5. The second kappa shape index (κ2) is 8.11. The zero-order valence-electron chi connectivity index (χ0n) is 19.2. The lowest BCUT2D eigenvalue weighted by Crippen LogP contribution is -2.09. The highest BCUT2D eigenvalue weighted by Crippen LogP contribution is 2.37. The Balaban J connectivity index is 1.45. The van der Waals surface area contributed by atoms with E-state index in [0.717, 1.165) is 55.6 Å². The van der Waals surface area contributed by atoms with Crippen LogP contribution in [0.4, 0.5) is 5.69 Å². The highest BCUT2D eigenvalue weighted by Gasteiger charge is 2.15. The van der Waals surface area contributed by atoms with Crippen LogP contribution in [0.5, 0.6) is 0 Å². The van der Waals surface area contributed by atoms with Gasteiger partial charge in [0.1, 0.15) is 5.69 Å². The maximum Gasteiger partial charge on any atom is 0.116 e. The summed E-state index contributed by atoms with van der Waals surface area (Å²) in [5.74, 6) is 0. The van der Waals surface area contributed by atoms with Crippen LogP contribution in [0.3, 0.4) is 0 Å². The molecule has 0 aliphatic carbocycles. The Bertz CT molecular complexity index is 1640. The number of anilines is 1. The summed E-state index contributed by atoms with van der Waals surface area (Å²) in [5.41, 5.74) is 8.17. The number of nitrogens with zero attached hydrogens (tertiary/aromatic N) is 3. The molecule has 1 aromatic carbocycles. The molecule has 34 heavy (non-hydrogen) atoms. The first-order valence-corrected chi connectivity index (χ1v) is 12.1. The number of hydrogen-bond acceptors (Lipinski definition) is 5. The van der Waals surface area contributed by atoms with Crippen LogP contribution < -0.4 is 5.32 Å². The molecule has 0 bridgehead atoms. The third kappa shape index (κ3) is 3.64. The number of nitrogens with one attached hydrogen (secondary N) is 3. The van der Waals surface area contributed by atoms with Crippen molar-refractivity contribution in [3.05, 3.63) is 72.1 Å². The fourth-order valence-corrected chi connectivity index (χ4v) is 5.25. The number of pyridine rings is 2. The molecule has 168 valence electrons. The summed E-state index contributed by atoms with van der Waals surface area (Å²) in [6.45, 7) is 6.37. The molecule has 0 radical (unpaired) electrons. The molecule has 0 amide bonds. The first-order valence-electron chi connectivity index (χ1n) is 11.3. The van der Waals surface area contributed by atoms with Crippen molar-refractivity contribution in [1.29, 1.82) is 0 Å². The molecule has 0 atom stereocenters. The number of aromatic amines is 2. The van der Waals surface area contributed by atoms with Crippen LogP contribution in [-0.2, 0) is 0 Å². The molecule has 0 fully saturated rings. The second-order valence-corrected chi connectivity index (χ2v) is 10.1. The molecule has 7 heteroatoms. The summed E-state index contributed by atoms with van der Waals surface area (Å²) in [5, 5.41) is 13.5. The van der Waals surface area contributed by atoms with Crippen molar-refractivity contribution in [1.82, 2.24) is 25.1 Å². The number of hydrogen-bond donors (Lipinski definition) is 3. The van der Waals surface area contributed by atoms with Crippen LogP contribution in [-0.4, -0.2) is 31.2 Å². The maximum absolute atomic E-state index is 4.66. The second-order valence-electron chi connectivity index (χ2n) is 8.84. The van der Waals surface area contributed by atoms with Crippen molar-refractivity contribution in [3.8, 4) is 33.0 Å². The van der Waals surface area contributed by atoms with Crippen molar-refractivity contribution in [3.63, 3.8) is 0 Å². The van der Waals surface area contributed by atoms with E-state index in [1.807, 2.05) is 24.8 Å². The first kappa shape index (κ1) is 20.6. The van der Waals surface area contributed by atoms with Gasteiger partial charge in [-0.15, -0.1) is 11.3 Å². The molecular formula is C27H24N6S. The van der Waals surface area contributed by atoms with E-state index in [1.54, 1.807) is 11.3 Å². The van der Waals surface area contributed by atoms with Crippen molar-refractivity contribution < 1.29 is 0 Å². The van der Waals surface area contributed by atoms with Gasteiger partial charge in [-0.2, -0.15) is 5.10 Å². The Hall–Kier alpha value is -3.97. The average molecular weight is 465 g/mol. The van der Waals surface area contributed by atoms with Crippen LogP contribution in [0.1, 0.15) is 18.7 Å². The minimum Gasteiger partial charge on any atom is -0.382 e. The summed E-state index contributed by atoms with van der Waals surface area (Å²) < 4.78 is 0. The van der Waals surface area contributed by atoms with Gasteiger partial charge in [0.2, 0.25) is 0 Å². The predicted octanol–water partition coefficient (Wildman–Crippen LogP) is 7.03. The van der Waals surface area contributed by atoms with Crippen molar-refractivity contribution >= 4 is 38.8 Å². The largest absolute Gasteiger partial charge is 0.382 e. The Kier molecular flexibility index (Phi) is 4.92. The number of H-pyrrole nitrogens is 2. The minimum absolute atomic E-state index is 0.347. The number of fused-ring (bicyclic) bond motifs is 2. The number of benzene rings is 1. The van der Waals surface area contributed by atoms with Gasteiger partial charge in [0, 0.05) is 56.3 Å². The van der Waals surface area contributed by atoms with Crippen LogP contribution in [0.25, 0.3) is 54.8 Å². The van der Waals surface area contributed by atoms with E-state index in [4.69, 9.17) is 0 Å². The van der Waals surface area contributed by atoms with E-state index in [-0.39, 0.29) is 0 Å². The molecule has 6 rings (SSSR count). The van der Waals surface area contributed by atoms with Gasteiger partial charge in [0.15, 0.2) is 0 Å². The lowest BCUT2D eigenvalue weighted by Gasteiger charge is -2.11. The van der Waals surface area contributed by atoms with E-state index < -0.39 is 0 Å². The topological polar surface area (TPSA) is 82.3 Å². The summed E-state index contributed by atoms with van der Waals surface area (Å²) in [7, 11) is 0. The predicted molar refractivity (Wildman–Crippen MR) is 141 cm³/mol. The molecule has 6 nitrogen and oxygen atoms in total. The normalized spacial score (nSPS) is 11.6. The standard InChI is InChI=1S/C27H24N6S/c1-15(2)30-19-8-18(11-28-12-19)17-5-6-23-21(9-17)27(33-32-23)24-10-20-22(13-29-14-25(20)31-24)26-7-4-16(3)34-26/h4-15,30-31H,1-3H3,(H,32,33). The number of aryl methyl sites for hydroxylation is 1. The first-order chi connectivity index (χ1) is 16.5. The highest BCUT2D eigenvalue weighted by molar-refractivity contribution is 7.15. The van der Waals surface area contributed by atoms with Gasteiger partial charge in [-0.05, 0) is 62.7 Å². The summed E-state index contributed by atoms with van der Waals surface area (Å²) in [4.78, 5) is 14.9. The van der Waals surface area contributed by atoms with Crippen molar-refractivity contribution in [2.45, 2.75) is 26.8 Å². The Morgan fingerprint density at radius 2 is 1.74 bits per heavy atom. The van der Waals surface area contributed by atoms with E-state index in [2.05, 4.69) is 93.7 Å². The SMILES string of the molecule is Cc1ccc(-c2cncc3[nH]c(-c4n[nH]c5ccc(-c6cncc(NC(C)C)c6)cc45)cc23)s1. The number of aromatic nitrogens is 5. The van der Waals surface area contributed by atoms with Crippen molar-refractivity contribution in [2.75, 3.05) is 5.32 Å². The van der Waals surface area contributed by atoms with Gasteiger partial charge in [0.25, 0.3) is 0 Å². The van der Waals surface area contributed by atoms with Gasteiger partial charge < -0.3 is 10.3 Å². The molecule has 6 aromatic rings. The lowest BCUT2D eigenvalue weighted by atomic mass is 10.0. The van der Waals surface area contributed by atoms with Crippen LogP contribution in [0.2, 0.25) is 0 Å².